The van der Waals surface area contributed by atoms with Gasteiger partial charge >= 0.3 is 0 Å². The van der Waals surface area contributed by atoms with Crippen LogP contribution in [0.3, 0.4) is 0 Å². The molecule has 0 spiro atoms. The molecule has 0 fully saturated rings. The van der Waals surface area contributed by atoms with E-state index in [1.165, 1.54) is 44.1 Å². The Balaban J connectivity index is 1.93. The summed E-state index contributed by atoms with van der Waals surface area (Å²) in [7, 11) is 0. The summed E-state index contributed by atoms with van der Waals surface area (Å²) in [6.45, 7) is 2.24. The van der Waals surface area contributed by atoms with Gasteiger partial charge in [-0.25, -0.2) is 0 Å². The molecule has 1 aromatic carbocycles. The predicted molar refractivity (Wildman–Crippen MR) is 87.0 cm³/mol. The second kappa shape index (κ2) is 11.7. The lowest BCUT2D eigenvalue weighted by molar-refractivity contribution is -0.119. The Kier molecular flexibility index (Phi) is 9.91. The molecule has 0 N–H and O–H groups in total. The van der Waals surface area contributed by atoms with Crippen molar-refractivity contribution in [1.82, 2.24) is 0 Å². The third-order valence-electron chi connectivity index (χ3n) is 3.82. The summed E-state index contributed by atoms with van der Waals surface area (Å²) in [5.41, 5.74) is 1.34. The van der Waals surface area contributed by atoms with Crippen molar-refractivity contribution in [2.24, 2.45) is 0 Å². The number of aryl methyl sites for hydroxylation is 1. The van der Waals surface area contributed by atoms with Crippen molar-refractivity contribution >= 4 is 5.78 Å². The fraction of sp³-hybridized carbons (Fsp3) is 0.632. The van der Waals surface area contributed by atoms with Gasteiger partial charge in [0.05, 0.1) is 0 Å². The molecule has 1 heteroatoms. The quantitative estimate of drug-likeness (QED) is 0.445. The van der Waals surface area contributed by atoms with Gasteiger partial charge in [-0.3, -0.25) is 4.79 Å². The largest absolute Gasteiger partial charge is 0.300 e. The van der Waals surface area contributed by atoms with Gasteiger partial charge in [-0.15, -0.1) is 0 Å². The highest BCUT2D eigenvalue weighted by Crippen LogP contribution is 2.11. The number of benzene rings is 1. The van der Waals surface area contributed by atoms with Crippen LogP contribution in [0.1, 0.15) is 76.7 Å². The van der Waals surface area contributed by atoms with Crippen LogP contribution in [-0.2, 0) is 11.2 Å². The molecule has 0 unspecified atom stereocenters. The van der Waals surface area contributed by atoms with Crippen LogP contribution in [0.25, 0.3) is 0 Å². The molecule has 0 bridgehead atoms. The molecule has 20 heavy (non-hydrogen) atoms. The van der Waals surface area contributed by atoms with E-state index < -0.39 is 0 Å². The second-order valence-electron chi connectivity index (χ2n) is 5.75. The molecule has 1 nitrogen and oxygen atoms in total. The number of rotatable bonds is 12. The molecule has 1 rings (SSSR count). The third-order valence-corrected chi connectivity index (χ3v) is 3.82. The lowest BCUT2D eigenvalue weighted by atomic mass is 10.0. The van der Waals surface area contributed by atoms with Crippen molar-refractivity contribution in [3.05, 3.63) is 35.9 Å². The van der Waals surface area contributed by atoms with E-state index in [2.05, 4.69) is 31.2 Å². The number of carbonyl (C=O) groups excluding carboxylic acids is 1. The van der Waals surface area contributed by atoms with Crippen LogP contribution in [0.15, 0.2) is 30.3 Å². The summed E-state index contributed by atoms with van der Waals surface area (Å²) < 4.78 is 0. The predicted octanol–water partition coefficient (Wildman–Crippen LogP) is 5.72. The van der Waals surface area contributed by atoms with E-state index in [0.717, 1.165) is 32.1 Å². The number of hydrogen-bond donors (Lipinski definition) is 0. The molecule has 0 saturated heterocycles. The summed E-state index contributed by atoms with van der Waals surface area (Å²) in [6, 6.07) is 10.4. The van der Waals surface area contributed by atoms with E-state index in [-0.39, 0.29) is 0 Å². The van der Waals surface area contributed by atoms with Crippen molar-refractivity contribution in [2.45, 2.75) is 77.6 Å². The third kappa shape index (κ3) is 8.90. The molecular formula is C19H30O. The van der Waals surface area contributed by atoms with Gasteiger partial charge in [0, 0.05) is 12.8 Å². The summed E-state index contributed by atoms with van der Waals surface area (Å²) in [5.74, 6) is 0.453. The average Bonchev–Trinajstić information content (AvgIpc) is 2.47. The van der Waals surface area contributed by atoms with Gasteiger partial charge in [-0.1, -0.05) is 75.8 Å². The minimum Gasteiger partial charge on any atom is -0.300 e. The first kappa shape index (κ1) is 16.9. The molecule has 0 heterocycles. The Hall–Kier alpha value is -1.11. The maximum Gasteiger partial charge on any atom is 0.132 e. The number of ketones is 1. The molecule has 112 valence electrons. The van der Waals surface area contributed by atoms with Gasteiger partial charge in [0.2, 0.25) is 0 Å². The highest BCUT2D eigenvalue weighted by Gasteiger charge is 2.02. The van der Waals surface area contributed by atoms with Crippen LogP contribution in [0.5, 0.6) is 0 Å². The van der Waals surface area contributed by atoms with Gasteiger partial charge in [-0.05, 0) is 24.8 Å². The maximum absolute atomic E-state index is 11.8. The molecule has 0 aliphatic heterocycles. The van der Waals surface area contributed by atoms with Crippen LogP contribution in [0.4, 0.5) is 0 Å². The maximum atomic E-state index is 11.8. The summed E-state index contributed by atoms with van der Waals surface area (Å²) >= 11 is 0. The van der Waals surface area contributed by atoms with Gasteiger partial charge in [0.1, 0.15) is 5.78 Å². The second-order valence-corrected chi connectivity index (χ2v) is 5.75. The standard InChI is InChI=1S/C19H30O/c1-2-3-4-5-6-7-11-16-19(20)17-12-15-18-13-9-8-10-14-18/h8-10,13-14H,2-7,11-12,15-17H2,1H3. The Morgan fingerprint density at radius 2 is 1.40 bits per heavy atom. The molecule has 0 radical (unpaired) electrons. The van der Waals surface area contributed by atoms with Crippen LogP contribution in [0.2, 0.25) is 0 Å². The fourth-order valence-electron chi connectivity index (χ4n) is 2.54. The number of hydrogen-bond acceptors (Lipinski definition) is 1. The number of Topliss-reactive ketones (excluding diaryl/α,β-unsaturated/α-hetero) is 1. The first-order chi connectivity index (χ1) is 9.83. The lowest BCUT2D eigenvalue weighted by Gasteiger charge is -2.03. The van der Waals surface area contributed by atoms with Gasteiger partial charge < -0.3 is 0 Å². The highest BCUT2D eigenvalue weighted by molar-refractivity contribution is 5.78. The SMILES string of the molecule is CCCCCCCCCC(=O)CCCc1ccccc1. The van der Waals surface area contributed by atoms with Gasteiger partial charge in [0.25, 0.3) is 0 Å². The smallest absolute Gasteiger partial charge is 0.132 e. The minimum absolute atomic E-state index is 0.453. The Bertz CT molecular complexity index is 342. The van der Waals surface area contributed by atoms with E-state index in [1.807, 2.05) is 6.07 Å². The van der Waals surface area contributed by atoms with Crippen LogP contribution in [0, 0.1) is 0 Å². The van der Waals surface area contributed by atoms with Gasteiger partial charge in [-0.2, -0.15) is 0 Å². The van der Waals surface area contributed by atoms with E-state index in [1.54, 1.807) is 0 Å². The van der Waals surface area contributed by atoms with Crippen molar-refractivity contribution in [3.8, 4) is 0 Å². The van der Waals surface area contributed by atoms with Crippen LogP contribution >= 0.6 is 0 Å². The molecule has 0 atom stereocenters. The van der Waals surface area contributed by atoms with Gasteiger partial charge in [0.15, 0.2) is 0 Å². The Morgan fingerprint density at radius 3 is 2.10 bits per heavy atom. The molecule has 0 aliphatic rings. The minimum atomic E-state index is 0.453. The summed E-state index contributed by atoms with van der Waals surface area (Å²) in [6.07, 6.45) is 12.6. The monoisotopic (exact) mass is 274 g/mol. The first-order valence-electron chi connectivity index (χ1n) is 8.38. The van der Waals surface area contributed by atoms with E-state index >= 15 is 0 Å². The lowest BCUT2D eigenvalue weighted by Crippen LogP contribution is -1.99. The molecule has 0 amide bonds. The zero-order chi connectivity index (χ0) is 14.5. The molecule has 0 saturated carbocycles. The highest BCUT2D eigenvalue weighted by atomic mass is 16.1. The van der Waals surface area contributed by atoms with E-state index in [9.17, 15) is 4.79 Å². The first-order valence-corrected chi connectivity index (χ1v) is 8.38. The summed E-state index contributed by atoms with van der Waals surface area (Å²) in [5, 5.41) is 0. The van der Waals surface area contributed by atoms with Crippen molar-refractivity contribution in [1.29, 1.82) is 0 Å². The van der Waals surface area contributed by atoms with Crippen molar-refractivity contribution in [3.63, 3.8) is 0 Å². The number of unbranched alkanes of at least 4 members (excludes halogenated alkanes) is 6. The Labute approximate surface area is 124 Å². The zero-order valence-corrected chi connectivity index (χ0v) is 13.1. The summed E-state index contributed by atoms with van der Waals surface area (Å²) in [4.78, 5) is 11.8. The molecular weight excluding hydrogens is 244 g/mol. The van der Waals surface area contributed by atoms with Crippen molar-refractivity contribution < 1.29 is 4.79 Å². The van der Waals surface area contributed by atoms with Crippen LogP contribution in [-0.4, -0.2) is 5.78 Å². The average molecular weight is 274 g/mol. The topological polar surface area (TPSA) is 17.1 Å². The van der Waals surface area contributed by atoms with Crippen LogP contribution < -0.4 is 0 Å². The van der Waals surface area contributed by atoms with E-state index in [4.69, 9.17) is 0 Å². The van der Waals surface area contributed by atoms with E-state index in [0.29, 0.717) is 5.78 Å². The van der Waals surface area contributed by atoms with Crippen molar-refractivity contribution in [2.75, 3.05) is 0 Å². The molecule has 0 aromatic heterocycles. The normalized spacial score (nSPS) is 10.7. The molecule has 0 aliphatic carbocycles. The fourth-order valence-corrected chi connectivity index (χ4v) is 2.54. The molecule has 1 aromatic rings. The zero-order valence-electron chi connectivity index (χ0n) is 13.1. The number of carbonyl (C=O) groups is 1. The Morgan fingerprint density at radius 1 is 0.800 bits per heavy atom.